The largest absolute Gasteiger partial charge is 0.426 e. The average Bonchev–Trinajstić information content (AvgIpc) is 3.20. The van der Waals surface area contributed by atoms with E-state index in [0.29, 0.717) is 17.6 Å². The monoisotopic (exact) mass is 448 g/mol. The molecule has 0 unspecified atom stereocenters. The Morgan fingerprint density at radius 1 is 1.22 bits per heavy atom. The quantitative estimate of drug-likeness (QED) is 0.422. The van der Waals surface area contributed by atoms with Crippen molar-refractivity contribution in [3.8, 4) is 0 Å². The summed E-state index contributed by atoms with van der Waals surface area (Å²) in [7, 11) is 0. The molecule has 2 fully saturated rings. The van der Waals surface area contributed by atoms with Gasteiger partial charge >= 0.3 is 5.97 Å². The van der Waals surface area contributed by atoms with Crippen LogP contribution in [0.1, 0.15) is 67.2 Å². The molecule has 178 valence electrons. The Labute approximate surface area is 189 Å². The molecule has 1 heterocycles. The fourth-order valence-electron chi connectivity index (χ4n) is 6.19. The Hall–Kier alpha value is -1.83. The number of rotatable bonds is 6. The van der Waals surface area contributed by atoms with Gasteiger partial charge in [0, 0.05) is 24.0 Å². The van der Waals surface area contributed by atoms with Crippen LogP contribution >= 0.6 is 0 Å². The van der Waals surface area contributed by atoms with Crippen molar-refractivity contribution in [2.75, 3.05) is 0 Å². The van der Waals surface area contributed by atoms with Gasteiger partial charge in [0.1, 0.15) is 0 Å². The lowest BCUT2D eigenvalue weighted by molar-refractivity contribution is -0.228. The lowest BCUT2D eigenvalue weighted by Gasteiger charge is -2.55. The van der Waals surface area contributed by atoms with Crippen molar-refractivity contribution in [2.24, 2.45) is 29.6 Å². The van der Waals surface area contributed by atoms with E-state index in [0.717, 1.165) is 6.42 Å². The van der Waals surface area contributed by atoms with Crippen LogP contribution in [-0.4, -0.2) is 49.8 Å². The van der Waals surface area contributed by atoms with Gasteiger partial charge in [-0.2, -0.15) is 0 Å². The number of esters is 1. The van der Waals surface area contributed by atoms with Crippen LogP contribution in [0.3, 0.4) is 0 Å². The molecule has 32 heavy (non-hydrogen) atoms. The van der Waals surface area contributed by atoms with Crippen LogP contribution in [0.25, 0.3) is 0 Å². The number of cyclic esters (lactones) is 1. The van der Waals surface area contributed by atoms with Crippen molar-refractivity contribution in [1.82, 2.24) is 0 Å². The molecule has 7 heteroatoms. The van der Waals surface area contributed by atoms with Gasteiger partial charge in [-0.3, -0.25) is 9.59 Å². The van der Waals surface area contributed by atoms with Gasteiger partial charge in [-0.15, -0.1) is 0 Å². The maximum absolute atomic E-state index is 13.8. The highest BCUT2D eigenvalue weighted by Gasteiger charge is 2.71. The first-order valence-electron chi connectivity index (χ1n) is 11.5. The van der Waals surface area contributed by atoms with Crippen LogP contribution in [0.5, 0.6) is 0 Å². The SMILES string of the molecule is CC(C)=CC(=O)[C@@]1(O)[C@@H](C)[C@@H]2CC[C@H](C)[C@H]2C(=O)[C@]1(O)[C@@H](C)CC[C@]1(O)OC(=O)C=C1C. The molecule has 3 rings (SSSR count). The number of hydrogen-bond donors (Lipinski definition) is 3. The Kier molecular flexibility index (Phi) is 6.35. The molecule has 3 N–H and O–H groups in total. The highest BCUT2D eigenvalue weighted by molar-refractivity contribution is 6.06. The van der Waals surface area contributed by atoms with Crippen LogP contribution in [0.2, 0.25) is 0 Å². The number of Topliss-reactive ketones (excluding diaryl/α,β-unsaturated/α-hetero) is 1. The number of allylic oxidation sites excluding steroid dienone is 1. The highest BCUT2D eigenvalue weighted by Crippen LogP contribution is 2.56. The molecule has 0 bridgehead atoms. The molecule has 0 aromatic carbocycles. The molecular formula is C25H36O7. The predicted octanol–water partition coefficient (Wildman–Crippen LogP) is 2.47. The zero-order valence-corrected chi connectivity index (χ0v) is 19.8. The third-order valence-electron chi connectivity index (χ3n) is 8.24. The molecule has 2 saturated carbocycles. The summed E-state index contributed by atoms with van der Waals surface area (Å²) in [5.41, 5.74) is -3.61. The van der Waals surface area contributed by atoms with Crippen LogP contribution in [-0.2, 0) is 19.1 Å². The van der Waals surface area contributed by atoms with E-state index in [2.05, 4.69) is 0 Å². The Morgan fingerprint density at radius 3 is 2.38 bits per heavy atom. The fourth-order valence-corrected chi connectivity index (χ4v) is 6.19. The first-order chi connectivity index (χ1) is 14.7. The molecule has 1 aliphatic heterocycles. The van der Waals surface area contributed by atoms with E-state index in [4.69, 9.17) is 4.74 Å². The molecule has 0 amide bonds. The molecule has 0 spiro atoms. The minimum Gasteiger partial charge on any atom is -0.426 e. The summed E-state index contributed by atoms with van der Waals surface area (Å²) in [4.78, 5) is 38.7. The van der Waals surface area contributed by atoms with Gasteiger partial charge in [0.05, 0.1) is 0 Å². The Balaban J connectivity index is 2.02. The molecule has 0 radical (unpaired) electrons. The minimum absolute atomic E-state index is 0.0435. The number of fused-ring (bicyclic) bond motifs is 1. The van der Waals surface area contributed by atoms with Crippen molar-refractivity contribution in [1.29, 1.82) is 0 Å². The summed E-state index contributed by atoms with van der Waals surface area (Å²) in [5.74, 6) is -5.73. The maximum Gasteiger partial charge on any atom is 0.333 e. The number of ether oxygens (including phenoxy) is 1. The van der Waals surface area contributed by atoms with Crippen LogP contribution in [0.4, 0.5) is 0 Å². The number of ketones is 2. The Bertz CT molecular complexity index is 885. The van der Waals surface area contributed by atoms with Crippen molar-refractivity contribution in [2.45, 2.75) is 84.2 Å². The van der Waals surface area contributed by atoms with Crippen molar-refractivity contribution in [3.63, 3.8) is 0 Å². The summed E-state index contributed by atoms with van der Waals surface area (Å²) in [6.07, 6.45) is 3.99. The zero-order valence-electron chi connectivity index (χ0n) is 19.8. The number of carbonyl (C=O) groups excluding carboxylic acids is 3. The number of carbonyl (C=O) groups is 3. The van der Waals surface area contributed by atoms with E-state index >= 15 is 0 Å². The van der Waals surface area contributed by atoms with Gasteiger partial charge < -0.3 is 20.1 Å². The Morgan fingerprint density at radius 2 is 1.84 bits per heavy atom. The maximum atomic E-state index is 13.8. The summed E-state index contributed by atoms with van der Waals surface area (Å²) in [5, 5.41) is 34.6. The van der Waals surface area contributed by atoms with Gasteiger partial charge in [0.15, 0.2) is 22.8 Å². The normalized spacial score (nSPS) is 42.2. The third kappa shape index (κ3) is 3.49. The van der Waals surface area contributed by atoms with Crippen molar-refractivity contribution >= 4 is 17.5 Å². The van der Waals surface area contributed by atoms with Crippen molar-refractivity contribution in [3.05, 3.63) is 23.3 Å². The van der Waals surface area contributed by atoms with Gasteiger partial charge in [0.25, 0.3) is 0 Å². The van der Waals surface area contributed by atoms with Gasteiger partial charge in [-0.05, 0) is 69.8 Å². The second-order valence-electron chi connectivity index (χ2n) is 10.5. The number of hydrogen-bond acceptors (Lipinski definition) is 7. The van der Waals surface area contributed by atoms with E-state index in [1.165, 1.54) is 12.2 Å². The first kappa shape index (κ1) is 24.8. The van der Waals surface area contributed by atoms with E-state index in [9.17, 15) is 29.7 Å². The summed E-state index contributed by atoms with van der Waals surface area (Å²) >= 11 is 0. The fraction of sp³-hybridized carbons (Fsp3) is 0.720. The van der Waals surface area contributed by atoms with Crippen molar-refractivity contribution < 1.29 is 34.4 Å². The zero-order chi connectivity index (χ0) is 24.2. The van der Waals surface area contributed by atoms with Gasteiger partial charge in [-0.1, -0.05) is 26.3 Å². The molecule has 0 aromatic rings. The second kappa shape index (κ2) is 8.19. The van der Waals surface area contributed by atoms with Gasteiger partial charge in [0.2, 0.25) is 5.79 Å². The summed E-state index contributed by atoms with van der Waals surface area (Å²) in [6.45, 7) is 10.3. The third-order valence-corrected chi connectivity index (χ3v) is 8.24. The standard InChI is InChI=1S/C25H36O7/c1-13(2)11-19(26)25(31)17(6)18-8-7-14(3)21(18)22(28)24(25,30)15(4)9-10-23(29)16(5)12-20(27)32-23/h11-12,14-15,17-18,21,29-31H,7-10H2,1-6H3/t14-,15-,17-,18-,21+,23-,24+,25-/m0/s1. The van der Waals surface area contributed by atoms with Crippen LogP contribution in [0.15, 0.2) is 23.3 Å². The molecule has 3 aliphatic rings. The molecule has 0 aromatic heterocycles. The van der Waals surface area contributed by atoms with E-state index < -0.39 is 52.3 Å². The molecule has 8 atom stereocenters. The first-order valence-corrected chi connectivity index (χ1v) is 11.5. The lowest BCUT2D eigenvalue weighted by atomic mass is 9.52. The minimum atomic E-state index is -2.33. The summed E-state index contributed by atoms with van der Waals surface area (Å²) < 4.78 is 5.04. The molecule has 0 saturated heterocycles. The van der Waals surface area contributed by atoms with E-state index in [1.807, 2.05) is 6.92 Å². The number of aliphatic hydroxyl groups is 3. The van der Waals surface area contributed by atoms with Crippen LogP contribution < -0.4 is 0 Å². The predicted molar refractivity (Wildman–Crippen MR) is 117 cm³/mol. The second-order valence-corrected chi connectivity index (χ2v) is 10.5. The highest BCUT2D eigenvalue weighted by atomic mass is 16.7. The van der Waals surface area contributed by atoms with E-state index in [1.54, 1.807) is 34.6 Å². The molecule has 2 aliphatic carbocycles. The van der Waals surface area contributed by atoms with Crippen LogP contribution in [0, 0.1) is 29.6 Å². The molecular weight excluding hydrogens is 412 g/mol. The average molecular weight is 449 g/mol. The topological polar surface area (TPSA) is 121 Å². The smallest absolute Gasteiger partial charge is 0.333 e. The van der Waals surface area contributed by atoms with E-state index in [-0.39, 0.29) is 24.7 Å². The lowest BCUT2D eigenvalue weighted by Crippen LogP contribution is -2.75. The molecule has 7 nitrogen and oxygen atoms in total. The summed E-state index contributed by atoms with van der Waals surface area (Å²) in [6, 6.07) is 0. The van der Waals surface area contributed by atoms with Gasteiger partial charge in [-0.25, -0.2) is 4.79 Å².